The first-order chi connectivity index (χ1) is 13.1. The summed E-state index contributed by atoms with van der Waals surface area (Å²) in [6.07, 6.45) is 7.60. The van der Waals surface area contributed by atoms with Crippen LogP contribution in [0.25, 0.3) is 11.3 Å². The van der Waals surface area contributed by atoms with E-state index in [9.17, 15) is 4.79 Å². The number of hydrogen-bond acceptors (Lipinski definition) is 5. The van der Waals surface area contributed by atoms with Crippen LogP contribution in [0, 0.1) is 6.92 Å². The molecule has 3 aromatic heterocycles. The summed E-state index contributed by atoms with van der Waals surface area (Å²) in [5, 5.41) is 7.53. The Bertz CT molecular complexity index is 960. The molecule has 0 saturated carbocycles. The molecule has 0 aliphatic carbocycles. The Hall–Kier alpha value is -3.22. The highest BCUT2D eigenvalue weighted by atomic mass is 16.1. The lowest BCUT2D eigenvalue weighted by Gasteiger charge is -2.16. The van der Waals surface area contributed by atoms with Gasteiger partial charge in [-0.15, -0.1) is 0 Å². The van der Waals surface area contributed by atoms with Crippen molar-refractivity contribution in [1.82, 2.24) is 19.7 Å². The van der Waals surface area contributed by atoms with Gasteiger partial charge in [-0.3, -0.25) is 14.5 Å². The van der Waals surface area contributed by atoms with Gasteiger partial charge in [0.15, 0.2) is 5.82 Å². The quantitative estimate of drug-likeness (QED) is 0.772. The molecule has 27 heavy (non-hydrogen) atoms. The lowest BCUT2D eigenvalue weighted by Crippen LogP contribution is -2.22. The number of amides is 1. The number of hydrogen-bond donors (Lipinski definition) is 1. The highest BCUT2D eigenvalue weighted by Gasteiger charge is 2.22. The van der Waals surface area contributed by atoms with Crippen LogP contribution in [0.2, 0.25) is 0 Å². The molecule has 0 bridgehead atoms. The van der Waals surface area contributed by atoms with Crippen molar-refractivity contribution in [2.24, 2.45) is 7.05 Å². The summed E-state index contributed by atoms with van der Waals surface area (Å²) in [6.45, 7) is 3.82. The van der Waals surface area contributed by atoms with E-state index in [4.69, 9.17) is 0 Å². The largest absolute Gasteiger partial charge is 0.353 e. The summed E-state index contributed by atoms with van der Waals surface area (Å²) < 4.78 is 1.73. The van der Waals surface area contributed by atoms with Crippen LogP contribution in [0.15, 0.2) is 42.9 Å². The predicted octanol–water partition coefficient (Wildman–Crippen LogP) is 3.04. The fourth-order valence-electron chi connectivity index (χ4n) is 3.34. The van der Waals surface area contributed by atoms with Crippen molar-refractivity contribution in [2.45, 2.75) is 19.8 Å². The van der Waals surface area contributed by atoms with Gasteiger partial charge in [-0.1, -0.05) is 6.07 Å². The van der Waals surface area contributed by atoms with Gasteiger partial charge in [0.1, 0.15) is 11.4 Å². The number of nitrogens with zero attached hydrogens (tertiary/aromatic N) is 5. The molecule has 1 saturated heterocycles. The van der Waals surface area contributed by atoms with E-state index in [2.05, 4.69) is 25.3 Å². The van der Waals surface area contributed by atoms with Crippen molar-refractivity contribution in [3.05, 3.63) is 54.1 Å². The summed E-state index contributed by atoms with van der Waals surface area (Å²) in [7, 11) is 1.86. The predicted molar refractivity (Wildman–Crippen MR) is 105 cm³/mol. The molecule has 1 amide bonds. The lowest BCUT2D eigenvalue weighted by molar-refractivity contribution is 0.102. The Labute approximate surface area is 158 Å². The summed E-state index contributed by atoms with van der Waals surface area (Å²) in [5.41, 5.74) is 3.56. The first-order valence-corrected chi connectivity index (χ1v) is 9.10. The molecular formula is C20H22N6O. The van der Waals surface area contributed by atoms with Crippen LogP contribution in [0.5, 0.6) is 0 Å². The number of pyridine rings is 2. The minimum atomic E-state index is -0.230. The van der Waals surface area contributed by atoms with Crippen molar-refractivity contribution in [3.8, 4) is 11.3 Å². The van der Waals surface area contributed by atoms with Crippen molar-refractivity contribution in [1.29, 1.82) is 0 Å². The molecule has 0 unspecified atom stereocenters. The maximum atomic E-state index is 13.0. The highest BCUT2D eigenvalue weighted by Crippen LogP contribution is 2.28. The van der Waals surface area contributed by atoms with Crippen molar-refractivity contribution < 1.29 is 4.79 Å². The van der Waals surface area contributed by atoms with E-state index in [-0.39, 0.29) is 5.91 Å². The van der Waals surface area contributed by atoms with Gasteiger partial charge >= 0.3 is 0 Å². The number of aryl methyl sites for hydroxylation is 2. The maximum absolute atomic E-state index is 13.0. The van der Waals surface area contributed by atoms with E-state index >= 15 is 0 Å². The molecule has 0 atom stereocenters. The zero-order chi connectivity index (χ0) is 18.8. The van der Waals surface area contributed by atoms with Crippen molar-refractivity contribution in [3.63, 3.8) is 0 Å². The molecule has 0 spiro atoms. The Morgan fingerprint density at radius 1 is 1.19 bits per heavy atom. The summed E-state index contributed by atoms with van der Waals surface area (Å²) in [6, 6.07) is 7.60. The normalized spacial score (nSPS) is 13.8. The number of rotatable bonds is 4. The van der Waals surface area contributed by atoms with Gasteiger partial charge in [0, 0.05) is 38.1 Å². The zero-order valence-electron chi connectivity index (χ0n) is 15.5. The van der Waals surface area contributed by atoms with E-state index in [1.54, 1.807) is 17.1 Å². The second-order valence-electron chi connectivity index (χ2n) is 6.79. The number of nitrogens with one attached hydrogen (secondary N) is 1. The van der Waals surface area contributed by atoms with Crippen LogP contribution in [-0.2, 0) is 7.05 Å². The molecule has 3 aromatic rings. The summed E-state index contributed by atoms with van der Waals surface area (Å²) in [4.78, 5) is 23.9. The molecule has 0 radical (unpaired) electrons. The zero-order valence-corrected chi connectivity index (χ0v) is 15.5. The molecule has 0 aromatic carbocycles. The van der Waals surface area contributed by atoms with Crippen LogP contribution in [0.4, 0.5) is 11.5 Å². The van der Waals surface area contributed by atoms with Gasteiger partial charge in [-0.25, -0.2) is 4.98 Å². The SMILES string of the molecule is Cc1ccc(-c2cccnc2)nc1C(=O)Nc1cn(C)nc1N1CCCC1. The lowest BCUT2D eigenvalue weighted by atomic mass is 10.1. The van der Waals surface area contributed by atoms with E-state index in [0.29, 0.717) is 5.69 Å². The minimum Gasteiger partial charge on any atom is -0.353 e. The van der Waals surface area contributed by atoms with Gasteiger partial charge in [0.05, 0.1) is 11.9 Å². The molecule has 4 rings (SSSR count). The molecule has 1 fully saturated rings. The van der Waals surface area contributed by atoms with Gasteiger partial charge in [-0.2, -0.15) is 5.10 Å². The Balaban J connectivity index is 1.62. The maximum Gasteiger partial charge on any atom is 0.274 e. The smallest absolute Gasteiger partial charge is 0.274 e. The van der Waals surface area contributed by atoms with E-state index in [1.807, 2.05) is 44.4 Å². The third-order valence-corrected chi connectivity index (χ3v) is 4.73. The summed E-state index contributed by atoms with van der Waals surface area (Å²) in [5.74, 6) is 0.594. The standard InChI is InChI=1S/C20H22N6O/c1-14-7-8-16(15-6-5-9-21-12-15)22-18(14)20(27)23-17-13-25(2)24-19(17)26-10-3-4-11-26/h5-9,12-13H,3-4,10-11H2,1-2H3,(H,23,27). The molecular weight excluding hydrogens is 340 g/mol. The molecule has 1 aliphatic heterocycles. The first kappa shape index (κ1) is 17.2. The van der Waals surface area contributed by atoms with E-state index in [0.717, 1.165) is 54.3 Å². The average molecular weight is 362 g/mol. The molecule has 4 heterocycles. The number of carbonyl (C=O) groups is 1. The monoisotopic (exact) mass is 362 g/mol. The fourth-order valence-corrected chi connectivity index (χ4v) is 3.34. The average Bonchev–Trinajstić information content (AvgIpc) is 3.32. The van der Waals surface area contributed by atoms with Crippen LogP contribution < -0.4 is 10.2 Å². The first-order valence-electron chi connectivity index (χ1n) is 9.10. The molecule has 7 nitrogen and oxygen atoms in total. The van der Waals surface area contributed by atoms with Crippen LogP contribution >= 0.6 is 0 Å². The van der Waals surface area contributed by atoms with Gasteiger partial charge in [-0.05, 0) is 43.5 Å². The minimum absolute atomic E-state index is 0.230. The fraction of sp³-hybridized carbons (Fsp3) is 0.300. The Kier molecular flexibility index (Phi) is 4.58. The van der Waals surface area contributed by atoms with Gasteiger partial charge < -0.3 is 10.2 Å². The van der Waals surface area contributed by atoms with E-state index < -0.39 is 0 Å². The number of carbonyl (C=O) groups excluding carboxylic acids is 1. The molecule has 1 N–H and O–H groups in total. The molecule has 1 aliphatic rings. The number of aromatic nitrogens is 4. The Morgan fingerprint density at radius 2 is 2.00 bits per heavy atom. The second-order valence-corrected chi connectivity index (χ2v) is 6.79. The van der Waals surface area contributed by atoms with E-state index in [1.165, 1.54) is 0 Å². The Morgan fingerprint density at radius 3 is 2.74 bits per heavy atom. The van der Waals surface area contributed by atoms with Gasteiger partial charge in [0.25, 0.3) is 5.91 Å². The van der Waals surface area contributed by atoms with Crippen LogP contribution in [0.3, 0.4) is 0 Å². The van der Waals surface area contributed by atoms with Crippen LogP contribution in [0.1, 0.15) is 28.9 Å². The summed E-state index contributed by atoms with van der Waals surface area (Å²) >= 11 is 0. The molecule has 7 heteroatoms. The van der Waals surface area contributed by atoms with Crippen LogP contribution in [-0.4, -0.2) is 38.7 Å². The van der Waals surface area contributed by atoms with Crippen molar-refractivity contribution >= 4 is 17.4 Å². The topological polar surface area (TPSA) is 75.9 Å². The number of anilines is 2. The third kappa shape index (κ3) is 3.53. The van der Waals surface area contributed by atoms with Gasteiger partial charge in [0.2, 0.25) is 0 Å². The van der Waals surface area contributed by atoms with Crippen molar-refractivity contribution in [2.75, 3.05) is 23.3 Å². The molecule has 138 valence electrons. The third-order valence-electron chi connectivity index (χ3n) is 4.73. The second kappa shape index (κ2) is 7.19. The highest BCUT2D eigenvalue weighted by molar-refractivity contribution is 6.05.